The predicted octanol–water partition coefficient (Wildman–Crippen LogP) is 4.60. The van der Waals surface area contributed by atoms with E-state index in [1.807, 2.05) is 13.8 Å². The predicted molar refractivity (Wildman–Crippen MR) is 85.7 cm³/mol. The van der Waals surface area contributed by atoms with Crippen LogP contribution in [-0.2, 0) is 12.8 Å². The molecule has 108 valence electrons. The minimum atomic E-state index is 0.185. The summed E-state index contributed by atoms with van der Waals surface area (Å²) in [5, 5.41) is 3.51. The summed E-state index contributed by atoms with van der Waals surface area (Å²) in [6.45, 7) is 11.1. The summed E-state index contributed by atoms with van der Waals surface area (Å²) in [6, 6.07) is 8.96. The molecule has 19 heavy (non-hydrogen) atoms. The Bertz CT molecular complexity index is 394. The van der Waals surface area contributed by atoms with Crippen molar-refractivity contribution >= 4 is 0 Å². The Hall–Kier alpha value is -0.820. The van der Waals surface area contributed by atoms with Crippen LogP contribution in [0.5, 0.6) is 0 Å². The highest BCUT2D eigenvalue weighted by atomic mass is 14.9. The molecular weight excluding hydrogens is 230 g/mol. The first-order valence-electron chi connectivity index (χ1n) is 7.74. The van der Waals surface area contributed by atoms with Crippen molar-refractivity contribution < 1.29 is 0 Å². The van der Waals surface area contributed by atoms with E-state index in [1.165, 1.54) is 25.7 Å². The van der Waals surface area contributed by atoms with Crippen molar-refractivity contribution in [3.63, 3.8) is 0 Å². The minimum absolute atomic E-state index is 0.185. The van der Waals surface area contributed by atoms with Gasteiger partial charge >= 0.3 is 0 Å². The Morgan fingerprint density at radius 3 is 2.26 bits per heavy atom. The van der Waals surface area contributed by atoms with Gasteiger partial charge in [0.1, 0.15) is 0 Å². The third kappa shape index (κ3) is 3.39. The van der Waals surface area contributed by atoms with Crippen LogP contribution in [0, 0.1) is 5.41 Å². The Labute approximate surface area is 119 Å². The fourth-order valence-corrected chi connectivity index (χ4v) is 2.99. The molecule has 0 spiro atoms. The van der Waals surface area contributed by atoms with Gasteiger partial charge in [-0.2, -0.15) is 0 Å². The molecule has 1 aliphatic carbocycles. The topological polar surface area (TPSA) is 12.0 Å². The van der Waals surface area contributed by atoms with E-state index in [1.54, 1.807) is 11.1 Å². The van der Waals surface area contributed by atoms with Gasteiger partial charge in [0.05, 0.1) is 0 Å². The fraction of sp³-hybridized carbons (Fsp3) is 0.667. The van der Waals surface area contributed by atoms with Crippen LogP contribution in [0.25, 0.3) is 0 Å². The van der Waals surface area contributed by atoms with Crippen LogP contribution in [0.1, 0.15) is 58.6 Å². The molecule has 1 heteroatoms. The highest BCUT2D eigenvalue weighted by Gasteiger charge is 2.40. The van der Waals surface area contributed by atoms with Gasteiger partial charge in [0.15, 0.2) is 0 Å². The van der Waals surface area contributed by atoms with Gasteiger partial charge in [-0.1, -0.05) is 45.0 Å². The largest absolute Gasteiger partial charge is 0.314 e. The number of rotatable bonds is 2. The van der Waals surface area contributed by atoms with Crippen molar-refractivity contribution in [3.8, 4) is 0 Å². The number of benzene rings is 1. The molecule has 1 atom stereocenters. The first-order chi connectivity index (χ1) is 8.98. The number of fused-ring (bicyclic) bond motifs is 1. The molecular formula is C18H31N. The molecule has 0 heterocycles. The third-order valence-corrected chi connectivity index (χ3v) is 5.01. The van der Waals surface area contributed by atoms with Gasteiger partial charge in [0.25, 0.3) is 0 Å². The summed E-state index contributed by atoms with van der Waals surface area (Å²) in [6.07, 6.45) is 5.04. The van der Waals surface area contributed by atoms with Crippen LogP contribution in [0.15, 0.2) is 24.3 Å². The van der Waals surface area contributed by atoms with Crippen LogP contribution in [0.3, 0.4) is 0 Å². The van der Waals surface area contributed by atoms with E-state index in [4.69, 9.17) is 0 Å². The SMILES string of the molecule is CC.CNC(C)(C)C1(C)CCCc2ccccc2C1. The molecule has 1 aromatic carbocycles. The maximum atomic E-state index is 3.51. The van der Waals surface area contributed by atoms with Crippen LogP contribution in [-0.4, -0.2) is 12.6 Å². The molecule has 0 aromatic heterocycles. The summed E-state index contributed by atoms with van der Waals surface area (Å²) in [5.74, 6) is 0. The second kappa shape index (κ2) is 6.56. The van der Waals surface area contributed by atoms with Gasteiger partial charge < -0.3 is 5.32 Å². The lowest BCUT2D eigenvalue weighted by Gasteiger charge is -2.44. The Morgan fingerprint density at radius 2 is 1.68 bits per heavy atom. The Morgan fingerprint density at radius 1 is 1.11 bits per heavy atom. The van der Waals surface area contributed by atoms with E-state index in [0.29, 0.717) is 5.41 Å². The number of aryl methyl sites for hydroxylation is 1. The number of nitrogens with one attached hydrogen (secondary N) is 1. The average molecular weight is 261 g/mol. The molecule has 0 bridgehead atoms. The van der Waals surface area contributed by atoms with Crippen LogP contribution < -0.4 is 5.32 Å². The average Bonchev–Trinajstić information content (AvgIpc) is 2.60. The van der Waals surface area contributed by atoms with Crippen molar-refractivity contribution in [3.05, 3.63) is 35.4 Å². The van der Waals surface area contributed by atoms with E-state index in [9.17, 15) is 0 Å². The zero-order chi connectivity index (χ0) is 14.5. The second-order valence-corrected chi connectivity index (χ2v) is 6.23. The summed E-state index contributed by atoms with van der Waals surface area (Å²) < 4.78 is 0. The maximum absolute atomic E-state index is 3.51. The lowest BCUT2D eigenvalue weighted by molar-refractivity contribution is 0.128. The van der Waals surface area contributed by atoms with Crippen molar-refractivity contribution in [1.29, 1.82) is 0 Å². The van der Waals surface area contributed by atoms with E-state index in [2.05, 4.69) is 57.4 Å². The summed E-state index contributed by atoms with van der Waals surface area (Å²) in [4.78, 5) is 0. The molecule has 0 aliphatic heterocycles. The van der Waals surface area contributed by atoms with Gasteiger partial charge in [-0.25, -0.2) is 0 Å². The first kappa shape index (κ1) is 16.2. The standard InChI is InChI=1S/C16H25N.C2H6/c1-15(2,17-4)16(3)11-7-10-13-8-5-6-9-14(13)12-16;1-2/h5-6,8-9,17H,7,10-12H2,1-4H3;1-2H3. The molecule has 2 rings (SSSR count). The molecule has 1 aromatic rings. The van der Waals surface area contributed by atoms with Crippen molar-refractivity contribution in [2.24, 2.45) is 5.41 Å². The quantitative estimate of drug-likeness (QED) is 0.767. The molecule has 0 amide bonds. The molecule has 1 nitrogen and oxygen atoms in total. The first-order valence-corrected chi connectivity index (χ1v) is 7.74. The summed E-state index contributed by atoms with van der Waals surface area (Å²) in [5.41, 5.74) is 3.64. The Balaban J connectivity index is 0.000000861. The van der Waals surface area contributed by atoms with Crippen molar-refractivity contribution in [2.75, 3.05) is 7.05 Å². The molecule has 1 unspecified atom stereocenters. The normalized spacial score (nSPS) is 22.8. The lowest BCUT2D eigenvalue weighted by Crippen LogP contribution is -2.52. The summed E-state index contributed by atoms with van der Waals surface area (Å²) >= 11 is 0. The van der Waals surface area contributed by atoms with Crippen molar-refractivity contribution in [2.45, 2.75) is 65.8 Å². The molecule has 0 fully saturated rings. The van der Waals surface area contributed by atoms with Gasteiger partial charge in [0, 0.05) is 5.54 Å². The summed E-state index contributed by atoms with van der Waals surface area (Å²) in [7, 11) is 2.09. The number of hydrogen-bond acceptors (Lipinski definition) is 1. The van der Waals surface area contributed by atoms with E-state index >= 15 is 0 Å². The van der Waals surface area contributed by atoms with Crippen LogP contribution in [0.4, 0.5) is 0 Å². The minimum Gasteiger partial charge on any atom is -0.314 e. The monoisotopic (exact) mass is 261 g/mol. The van der Waals surface area contributed by atoms with Crippen molar-refractivity contribution in [1.82, 2.24) is 5.32 Å². The lowest BCUT2D eigenvalue weighted by atomic mass is 9.67. The zero-order valence-electron chi connectivity index (χ0n) is 13.6. The molecule has 1 aliphatic rings. The van der Waals surface area contributed by atoms with E-state index < -0.39 is 0 Å². The van der Waals surface area contributed by atoms with E-state index in [-0.39, 0.29) is 5.54 Å². The van der Waals surface area contributed by atoms with Gasteiger partial charge in [-0.15, -0.1) is 0 Å². The van der Waals surface area contributed by atoms with Crippen LogP contribution >= 0.6 is 0 Å². The third-order valence-electron chi connectivity index (χ3n) is 5.01. The molecule has 0 radical (unpaired) electrons. The molecule has 0 saturated carbocycles. The fourth-order valence-electron chi connectivity index (χ4n) is 2.99. The van der Waals surface area contributed by atoms with Crippen LogP contribution in [0.2, 0.25) is 0 Å². The van der Waals surface area contributed by atoms with Gasteiger partial charge in [-0.3, -0.25) is 0 Å². The highest BCUT2D eigenvalue weighted by molar-refractivity contribution is 5.30. The smallest absolute Gasteiger partial charge is 0.0178 e. The second-order valence-electron chi connectivity index (χ2n) is 6.23. The number of hydrogen-bond donors (Lipinski definition) is 1. The maximum Gasteiger partial charge on any atom is 0.0178 e. The zero-order valence-corrected chi connectivity index (χ0v) is 13.6. The van der Waals surface area contributed by atoms with Gasteiger partial charge in [-0.05, 0) is 63.1 Å². The molecule has 1 N–H and O–H groups in total. The Kier molecular flexibility index (Phi) is 5.61. The van der Waals surface area contributed by atoms with E-state index in [0.717, 1.165) is 0 Å². The molecule has 0 saturated heterocycles. The highest BCUT2D eigenvalue weighted by Crippen LogP contribution is 2.42. The van der Waals surface area contributed by atoms with Gasteiger partial charge in [0.2, 0.25) is 0 Å².